The third-order valence-electron chi connectivity index (χ3n) is 4.92. The van der Waals surface area contributed by atoms with E-state index in [1.54, 1.807) is 6.07 Å². The molecule has 0 saturated carbocycles. The number of phenolic OH excluding ortho intramolecular Hbond substituents is 1. The minimum atomic E-state index is -1.11. The van der Waals surface area contributed by atoms with Gasteiger partial charge in [-0.15, -0.1) is 0 Å². The smallest absolute Gasteiger partial charge is 0.341 e. The van der Waals surface area contributed by atoms with Crippen LogP contribution < -0.4 is 15.6 Å². The highest BCUT2D eigenvalue weighted by molar-refractivity contribution is 6.09. The zero-order valence-corrected chi connectivity index (χ0v) is 15.7. The van der Waals surface area contributed by atoms with Crippen molar-refractivity contribution in [1.29, 1.82) is 0 Å². The van der Waals surface area contributed by atoms with Crippen molar-refractivity contribution < 1.29 is 29.6 Å². The number of nitrogens with one attached hydrogen (secondary N) is 1. The maximum atomic E-state index is 12.9. The molecule has 0 aliphatic carbocycles. The number of phenols is 1. The summed E-state index contributed by atoms with van der Waals surface area (Å²) in [4.78, 5) is 36.3. The van der Waals surface area contributed by atoms with Crippen LogP contribution in [0.1, 0.15) is 22.3 Å². The first-order valence-electron chi connectivity index (χ1n) is 9.22. The molecule has 1 amide bonds. The van der Waals surface area contributed by atoms with E-state index in [1.165, 1.54) is 34.9 Å². The third-order valence-corrected chi connectivity index (χ3v) is 4.92. The summed E-state index contributed by atoms with van der Waals surface area (Å²) in [5, 5.41) is 32.1. The largest absolute Gasteiger partial charge is 0.508 e. The van der Waals surface area contributed by atoms with Crippen LogP contribution in [-0.4, -0.2) is 38.4 Å². The molecule has 0 atom stereocenters. The summed E-state index contributed by atoms with van der Waals surface area (Å²) in [6.45, 7) is -0.0890. The number of carbonyl (C=O) groups excluding carboxylic acids is 1. The number of pyridine rings is 1. The van der Waals surface area contributed by atoms with E-state index in [4.69, 9.17) is 9.84 Å². The highest BCUT2D eigenvalue weighted by atomic mass is 16.5. The lowest BCUT2D eigenvalue weighted by atomic mass is 9.98. The summed E-state index contributed by atoms with van der Waals surface area (Å²) in [7, 11) is 0. The third kappa shape index (κ3) is 3.41. The molecule has 0 unspecified atom stereocenters. The Morgan fingerprint density at radius 3 is 2.57 bits per heavy atom. The van der Waals surface area contributed by atoms with Gasteiger partial charge in [0.1, 0.15) is 22.8 Å². The Labute approximate surface area is 169 Å². The second-order valence-electron chi connectivity index (χ2n) is 6.95. The van der Waals surface area contributed by atoms with Crippen LogP contribution in [0.5, 0.6) is 17.2 Å². The normalized spacial score (nSPS) is 12.5. The molecule has 30 heavy (non-hydrogen) atoms. The molecule has 2 aromatic carbocycles. The SMILES string of the molecule is O=C(O)COc1ccc(NC(=O)c2c(O)c3cc(O)cc4c3n(c2=O)CCC4)cc1. The number of carbonyl (C=O) groups is 2. The Morgan fingerprint density at radius 1 is 1.13 bits per heavy atom. The molecule has 4 rings (SSSR count). The number of hydrogen-bond donors (Lipinski definition) is 4. The lowest BCUT2D eigenvalue weighted by Gasteiger charge is -2.21. The van der Waals surface area contributed by atoms with E-state index in [-0.39, 0.29) is 11.1 Å². The molecule has 4 N–H and O–H groups in total. The minimum Gasteiger partial charge on any atom is -0.508 e. The van der Waals surface area contributed by atoms with Crippen LogP contribution in [0.3, 0.4) is 0 Å². The maximum absolute atomic E-state index is 12.9. The van der Waals surface area contributed by atoms with Crippen molar-refractivity contribution in [3.05, 3.63) is 57.9 Å². The van der Waals surface area contributed by atoms with E-state index in [1.807, 2.05) is 0 Å². The van der Waals surface area contributed by atoms with Gasteiger partial charge < -0.3 is 29.9 Å². The number of nitrogens with zero attached hydrogens (tertiary/aromatic N) is 1. The first-order valence-corrected chi connectivity index (χ1v) is 9.22. The number of carboxylic acid groups (broad SMARTS) is 1. The molecule has 0 bridgehead atoms. The van der Waals surface area contributed by atoms with Crippen LogP contribution in [0, 0.1) is 0 Å². The summed E-state index contributed by atoms with van der Waals surface area (Å²) < 4.78 is 6.48. The van der Waals surface area contributed by atoms with Gasteiger partial charge in [-0.1, -0.05) is 0 Å². The highest BCUT2D eigenvalue weighted by Crippen LogP contribution is 2.35. The number of aryl methyl sites for hydroxylation is 2. The van der Waals surface area contributed by atoms with E-state index >= 15 is 0 Å². The van der Waals surface area contributed by atoms with E-state index in [9.17, 15) is 24.6 Å². The van der Waals surface area contributed by atoms with Crippen LogP contribution in [0.25, 0.3) is 10.9 Å². The first kappa shape index (κ1) is 19.3. The molecular weight excluding hydrogens is 392 g/mol. The Kier molecular flexibility index (Phi) is 4.78. The van der Waals surface area contributed by atoms with Crippen molar-refractivity contribution >= 4 is 28.5 Å². The van der Waals surface area contributed by atoms with Crippen molar-refractivity contribution in [2.24, 2.45) is 0 Å². The highest BCUT2D eigenvalue weighted by Gasteiger charge is 2.26. The van der Waals surface area contributed by atoms with Crippen molar-refractivity contribution in [3.63, 3.8) is 0 Å². The van der Waals surface area contributed by atoms with Crippen molar-refractivity contribution in [2.75, 3.05) is 11.9 Å². The van der Waals surface area contributed by atoms with E-state index in [2.05, 4.69) is 5.32 Å². The second-order valence-corrected chi connectivity index (χ2v) is 6.95. The zero-order chi connectivity index (χ0) is 21.4. The second kappa shape index (κ2) is 7.43. The number of hydrogen-bond acceptors (Lipinski definition) is 6. The van der Waals surface area contributed by atoms with Gasteiger partial charge in [0.25, 0.3) is 11.5 Å². The van der Waals surface area contributed by atoms with Gasteiger partial charge >= 0.3 is 5.97 Å². The summed E-state index contributed by atoms with van der Waals surface area (Å²) in [6.07, 6.45) is 1.33. The molecule has 1 aliphatic heterocycles. The number of aromatic nitrogens is 1. The molecule has 1 aliphatic rings. The topological polar surface area (TPSA) is 138 Å². The van der Waals surface area contributed by atoms with Crippen LogP contribution in [0.2, 0.25) is 0 Å². The van der Waals surface area contributed by atoms with Crippen LogP contribution >= 0.6 is 0 Å². The molecule has 0 fully saturated rings. The molecule has 1 aromatic heterocycles. The number of aromatic hydroxyl groups is 2. The van der Waals surface area contributed by atoms with E-state index < -0.39 is 35.4 Å². The molecule has 9 heteroatoms. The number of amides is 1. The maximum Gasteiger partial charge on any atom is 0.341 e. The quantitative estimate of drug-likeness (QED) is 0.505. The zero-order valence-electron chi connectivity index (χ0n) is 15.7. The fourth-order valence-electron chi connectivity index (χ4n) is 3.66. The van der Waals surface area contributed by atoms with Gasteiger partial charge in [-0.05, 0) is 54.8 Å². The lowest BCUT2D eigenvalue weighted by molar-refractivity contribution is -0.139. The first-order chi connectivity index (χ1) is 14.3. The van der Waals surface area contributed by atoms with Crippen LogP contribution in [0.15, 0.2) is 41.2 Å². The molecular formula is C21H18N2O7. The summed E-state index contributed by atoms with van der Waals surface area (Å²) >= 11 is 0. The lowest BCUT2D eigenvalue weighted by Crippen LogP contribution is -2.31. The van der Waals surface area contributed by atoms with Gasteiger partial charge in [0.05, 0.1) is 5.52 Å². The average Bonchev–Trinajstić information content (AvgIpc) is 2.71. The molecule has 9 nitrogen and oxygen atoms in total. The molecule has 3 aromatic rings. The number of carboxylic acids is 1. The Balaban J connectivity index is 1.69. The van der Waals surface area contributed by atoms with Crippen LogP contribution in [0.4, 0.5) is 5.69 Å². The van der Waals surface area contributed by atoms with Gasteiger partial charge in [-0.2, -0.15) is 0 Å². The molecule has 2 heterocycles. The predicted octanol–water partition coefficient (Wildman–Crippen LogP) is 2.07. The molecule has 0 spiro atoms. The van der Waals surface area contributed by atoms with Gasteiger partial charge in [-0.25, -0.2) is 4.79 Å². The number of aliphatic carboxylic acids is 1. The van der Waals surface area contributed by atoms with E-state index in [0.717, 1.165) is 5.56 Å². The summed E-state index contributed by atoms with van der Waals surface area (Å²) in [6, 6.07) is 8.81. The number of rotatable bonds is 5. The Morgan fingerprint density at radius 2 is 1.87 bits per heavy atom. The van der Waals surface area contributed by atoms with Crippen molar-refractivity contribution in [1.82, 2.24) is 4.57 Å². The van der Waals surface area contributed by atoms with Crippen LogP contribution in [-0.2, 0) is 17.8 Å². The van der Waals surface area contributed by atoms with Gasteiger partial charge in [0.15, 0.2) is 6.61 Å². The number of benzene rings is 2. The van der Waals surface area contributed by atoms with Gasteiger partial charge in [0.2, 0.25) is 0 Å². The fourth-order valence-corrected chi connectivity index (χ4v) is 3.66. The Bertz CT molecular complexity index is 1230. The molecule has 154 valence electrons. The van der Waals surface area contributed by atoms with Crippen molar-refractivity contribution in [3.8, 4) is 17.2 Å². The Hall–Kier alpha value is -4.01. The average molecular weight is 410 g/mol. The molecule has 0 saturated heterocycles. The minimum absolute atomic E-state index is 0.0526. The number of anilines is 1. The summed E-state index contributed by atoms with van der Waals surface area (Å²) in [5.41, 5.74) is 0.583. The number of ether oxygens (including phenoxy) is 1. The van der Waals surface area contributed by atoms with E-state index in [0.29, 0.717) is 36.3 Å². The molecule has 0 radical (unpaired) electrons. The van der Waals surface area contributed by atoms with Crippen molar-refractivity contribution in [2.45, 2.75) is 19.4 Å². The summed E-state index contributed by atoms with van der Waals surface area (Å²) in [5.74, 6) is -2.14. The standard InChI is InChI=1S/C21H18N2O7/c24-13-8-11-2-1-7-23-18(11)15(9-13)19(27)17(21(23)29)20(28)22-12-3-5-14(6-4-12)30-10-16(25)26/h3-6,8-9,24,27H,1-2,7,10H2,(H,22,28)(H,25,26). The fraction of sp³-hybridized carbons (Fsp3) is 0.190. The predicted molar refractivity (Wildman–Crippen MR) is 107 cm³/mol. The van der Waals surface area contributed by atoms with Gasteiger partial charge in [0, 0.05) is 17.6 Å². The van der Waals surface area contributed by atoms with Gasteiger partial charge in [-0.3, -0.25) is 9.59 Å². The monoisotopic (exact) mass is 410 g/mol.